The number of aromatic nitrogens is 1. The van der Waals surface area contributed by atoms with Crippen molar-refractivity contribution in [3.05, 3.63) is 61.0 Å². The van der Waals surface area contributed by atoms with Crippen molar-refractivity contribution in [1.82, 2.24) is 4.98 Å². The van der Waals surface area contributed by atoms with Gasteiger partial charge in [0.25, 0.3) is 0 Å². The van der Waals surface area contributed by atoms with E-state index >= 15 is 0 Å². The molecule has 0 bridgehead atoms. The molecule has 0 aliphatic carbocycles. The molecule has 2 heterocycles. The van der Waals surface area contributed by atoms with E-state index in [0.717, 1.165) is 22.2 Å². The molecule has 0 atom stereocenters. The van der Waals surface area contributed by atoms with Crippen LogP contribution >= 0.6 is 0 Å². The number of rotatable bonds is 1. The Morgan fingerprint density at radius 3 is 2.56 bits per heavy atom. The van der Waals surface area contributed by atoms with E-state index in [0.29, 0.717) is 0 Å². The molecule has 2 heteroatoms. The van der Waals surface area contributed by atoms with E-state index in [4.69, 9.17) is 4.42 Å². The van der Waals surface area contributed by atoms with Crippen molar-refractivity contribution in [2.45, 2.75) is 0 Å². The van der Waals surface area contributed by atoms with Crippen molar-refractivity contribution in [1.29, 1.82) is 0 Å². The summed E-state index contributed by atoms with van der Waals surface area (Å²) < 4.78 is 5.60. The molecular weight excluding hydrogens is 222 g/mol. The summed E-state index contributed by atoms with van der Waals surface area (Å²) in [5.74, 6) is 0. The highest BCUT2D eigenvalue weighted by Gasteiger charge is 2.11. The summed E-state index contributed by atoms with van der Waals surface area (Å²) in [5, 5.41) is 3.59. The summed E-state index contributed by atoms with van der Waals surface area (Å²) in [6.07, 6.45) is 3.86. The van der Waals surface area contributed by atoms with Crippen LogP contribution in [0.25, 0.3) is 33.0 Å². The second-order valence-electron chi connectivity index (χ2n) is 4.40. The zero-order valence-electron chi connectivity index (χ0n) is 9.68. The second kappa shape index (κ2) is 3.50. The third kappa shape index (κ3) is 1.23. The molecule has 0 aliphatic heterocycles. The Hall–Kier alpha value is -2.48. The Labute approximate surface area is 104 Å². The van der Waals surface area contributed by atoms with Gasteiger partial charge in [-0.05, 0) is 11.5 Å². The minimum Gasteiger partial charge on any atom is -0.464 e. The monoisotopic (exact) mass is 233 g/mol. The Balaban J connectivity index is 2.08. The molecule has 18 heavy (non-hydrogen) atoms. The van der Waals surface area contributed by atoms with Crippen LogP contribution in [0.4, 0.5) is 0 Å². The lowest BCUT2D eigenvalue weighted by molar-refractivity contribution is 0.617. The van der Waals surface area contributed by atoms with Crippen LogP contribution < -0.4 is 0 Å². The molecule has 1 N–H and O–H groups in total. The van der Waals surface area contributed by atoms with Crippen LogP contribution in [0, 0.1) is 0 Å². The predicted molar refractivity (Wildman–Crippen MR) is 73.5 cm³/mol. The lowest BCUT2D eigenvalue weighted by Gasteiger charge is -1.96. The molecule has 2 aromatic carbocycles. The minimum absolute atomic E-state index is 0.922. The van der Waals surface area contributed by atoms with Crippen molar-refractivity contribution in [3.63, 3.8) is 0 Å². The van der Waals surface area contributed by atoms with E-state index in [9.17, 15) is 0 Å². The Kier molecular flexibility index (Phi) is 1.86. The van der Waals surface area contributed by atoms with Crippen LogP contribution in [-0.2, 0) is 0 Å². The van der Waals surface area contributed by atoms with Gasteiger partial charge in [-0.1, -0.05) is 42.5 Å². The van der Waals surface area contributed by atoms with E-state index in [1.807, 2.05) is 36.7 Å². The summed E-state index contributed by atoms with van der Waals surface area (Å²) in [7, 11) is 0. The maximum Gasteiger partial charge on any atom is 0.134 e. The van der Waals surface area contributed by atoms with Gasteiger partial charge in [-0.15, -0.1) is 0 Å². The third-order valence-corrected chi connectivity index (χ3v) is 3.35. The first kappa shape index (κ1) is 9.54. The standard InChI is InChI=1S/C16H11NO/c1-2-6-12-11(5-1)9-17-16(12)14-10-18-15-8-4-3-7-13(14)15/h1-10,17H. The van der Waals surface area contributed by atoms with Gasteiger partial charge in [0, 0.05) is 22.5 Å². The van der Waals surface area contributed by atoms with Crippen LogP contribution in [0.3, 0.4) is 0 Å². The highest BCUT2D eigenvalue weighted by Crippen LogP contribution is 2.34. The SMILES string of the molecule is c1ccc2c(-c3coc4ccccc34)[nH]cc2c1. The largest absolute Gasteiger partial charge is 0.464 e. The van der Waals surface area contributed by atoms with Gasteiger partial charge in [-0.25, -0.2) is 0 Å². The lowest BCUT2D eigenvalue weighted by atomic mass is 10.1. The van der Waals surface area contributed by atoms with Gasteiger partial charge in [0.1, 0.15) is 11.8 Å². The highest BCUT2D eigenvalue weighted by molar-refractivity contribution is 6.03. The van der Waals surface area contributed by atoms with E-state index in [1.54, 1.807) is 0 Å². The lowest BCUT2D eigenvalue weighted by Crippen LogP contribution is -1.75. The Morgan fingerprint density at radius 2 is 1.61 bits per heavy atom. The number of furan rings is 1. The first-order chi connectivity index (χ1) is 8.93. The molecule has 0 aliphatic rings. The summed E-state index contributed by atoms with van der Waals surface area (Å²) >= 11 is 0. The molecule has 0 amide bonds. The van der Waals surface area contributed by atoms with E-state index in [2.05, 4.69) is 29.2 Å². The number of hydrogen-bond donors (Lipinski definition) is 1. The molecule has 2 nitrogen and oxygen atoms in total. The average molecular weight is 233 g/mol. The number of hydrogen-bond acceptors (Lipinski definition) is 1. The molecule has 0 saturated heterocycles. The van der Waals surface area contributed by atoms with Crippen molar-refractivity contribution in [3.8, 4) is 11.3 Å². The maximum absolute atomic E-state index is 5.60. The number of nitrogens with one attached hydrogen (secondary N) is 1. The molecular formula is C16H11NO. The van der Waals surface area contributed by atoms with E-state index in [-0.39, 0.29) is 0 Å². The number of para-hydroxylation sites is 1. The normalized spacial score (nSPS) is 11.3. The van der Waals surface area contributed by atoms with Crippen molar-refractivity contribution < 1.29 is 4.42 Å². The van der Waals surface area contributed by atoms with Gasteiger partial charge >= 0.3 is 0 Å². The van der Waals surface area contributed by atoms with Gasteiger partial charge in [-0.2, -0.15) is 0 Å². The summed E-state index contributed by atoms with van der Waals surface area (Å²) in [5.41, 5.74) is 3.16. The predicted octanol–water partition coefficient (Wildman–Crippen LogP) is 4.58. The Bertz CT molecular complexity index is 766. The van der Waals surface area contributed by atoms with Crippen molar-refractivity contribution in [2.75, 3.05) is 0 Å². The molecule has 0 saturated carbocycles. The van der Waals surface area contributed by atoms with Gasteiger partial charge in [0.15, 0.2) is 0 Å². The van der Waals surface area contributed by atoms with E-state index in [1.165, 1.54) is 10.8 Å². The van der Waals surface area contributed by atoms with Crippen LogP contribution in [-0.4, -0.2) is 4.98 Å². The van der Waals surface area contributed by atoms with Gasteiger partial charge in [0.2, 0.25) is 0 Å². The smallest absolute Gasteiger partial charge is 0.134 e. The topological polar surface area (TPSA) is 28.9 Å². The average Bonchev–Trinajstić information content (AvgIpc) is 3.01. The van der Waals surface area contributed by atoms with Crippen molar-refractivity contribution >= 4 is 21.7 Å². The fourth-order valence-electron chi connectivity index (χ4n) is 2.47. The first-order valence-electron chi connectivity index (χ1n) is 5.96. The summed E-state index contributed by atoms with van der Waals surface area (Å²) in [6, 6.07) is 16.4. The van der Waals surface area contributed by atoms with Crippen LogP contribution in [0.5, 0.6) is 0 Å². The third-order valence-electron chi connectivity index (χ3n) is 3.35. The number of benzene rings is 2. The fourth-order valence-corrected chi connectivity index (χ4v) is 2.47. The molecule has 86 valence electrons. The number of fused-ring (bicyclic) bond motifs is 2. The van der Waals surface area contributed by atoms with Crippen LogP contribution in [0.15, 0.2) is 65.4 Å². The number of H-pyrrole nitrogens is 1. The van der Waals surface area contributed by atoms with Gasteiger partial charge < -0.3 is 9.40 Å². The van der Waals surface area contributed by atoms with E-state index < -0.39 is 0 Å². The zero-order valence-corrected chi connectivity index (χ0v) is 9.68. The van der Waals surface area contributed by atoms with Gasteiger partial charge in [0.05, 0.1) is 5.69 Å². The second-order valence-corrected chi connectivity index (χ2v) is 4.40. The molecule has 2 aromatic heterocycles. The van der Waals surface area contributed by atoms with Crippen LogP contribution in [0.2, 0.25) is 0 Å². The molecule has 0 radical (unpaired) electrons. The highest BCUT2D eigenvalue weighted by atomic mass is 16.3. The van der Waals surface area contributed by atoms with Gasteiger partial charge in [-0.3, -0.25) is 0 Å². The van der Waals surface area contributed by atoms with Crippen molar-refractivity contribution in [2.24, 2.45) is 0 Å². The molecule has 0 spiro atoms. The molecule has 0 fully saturated rings. The fraction of sp³-hybridized carbons (Fsp3) is 0. The summed E-state index contributed by atoms with van der Waals surface area (Å²) in [6.45, 7) is 0. The number of aromatic amines is 1. The Morgan fingerprint density at radius 1 is 0.833 bits per heavy atom. The molecule has 0 unspecified atom stereocenters. The first-order valence-corrected chi connectivity index (χ1v) is 5.96. The quantitative estimate of drug-likeness (QED) is 0.512. The summed E-state index contributed by atoms with van der Waals surface area (Å²) in [4.78, 5) is 3.35. The molecule has 4 aromatic rings. The zero-order chi connectivity index (χ0) is 11.9. The van der Waals surface area contributed by atoms with Crippen LogP contribution in [0.1, 0.15) is 0 Å². The molecule has 4 rings (SSSR count). The maximum atomic E-state index is 5.60. The minimum atomic E-state index is 0.922.